The third-order valence-corrected chi connectivity index (χ3v) is 6.22. The summed E-state index contributed by atoms with van der Waals surface area (Å²) in [4.78, 5) is 17.1. The van der Waals surface area contributed by atoms with Gasteiger partial charge in [0.15, 0.2) is 0 Å². The summed E-state index contributed by atoms with van der Waals surface area (Å²) in [7, 11) is 0. The topological polar surface area (TPSA) is 59.4 Å². The minimum Gasteiger partial charge on any atom is -0.371 e. The monoisotopic (exact) mass is 472 g/mol. The second-order valence-corrected chi connectivity index (χ2v) is 8.26. The predicted molar refractivity (Wildman–Crippen MR) is 115 cm³/mol. The Morgan fingerprint density at radius 1 is 1.07 bits per heavy atom. The molecule has 1 fully saturated rings. The quantitative estimate of drug-likeness (QED) is 0.666. The summed E-state index contributed by atoms with van der Waals surface area (Å²) in [6.45, 7) is 2.56. The van der Waals surface area contributed by atoms with Gasteiger partial charge in [-0.05, 0) is 83.8 Å². The van der Waals surface area contributed by atoms with Crippen LogP contribution in [0.3, 0.4) is 0 Å². The van der Waals surface area contributed by atoms with Crippen molar-refractivity contribution in [2.45, 2.75) is 25.3 Å². The number of carbonyl (C=O) groups excluding carboxylic acids is 1. The standard InChI is InChI=1S/C21H21IN4O/c22-16-4-6-17(7-5-16)25-11-8-18(9-12-25)26-13-10-19-15(14-23)2-1-3-20(19)24-21(26)27/h1-7,18H,8-13H2,(H,24,27). The molecule has 1 N–H and O–H groups in total. The van der Waals surface area contributed by atoms with Gasteiger partial charge in [-0.3, -0.25) is 0 Å². The number of nitrogens with zero attached hydrogens (tertiary/aromatic N) is 3. The van der Waals surface area contributed by atoms with E-state index >= 15 is 0 Å². The number of anilines is 2. The summed E-state index contributed by atoms with van der Waals surface area (Å²) in [5, 5.41) is 12.4. The molecule has 0 bridgehead atoms. The number of nitrogens with one attached hydrogen (secondary N) is 1. The Hall–Kier alpha value is -2.27. The second kappa shape index (κ2) is 7.77. The SMILES string of the molecule is N#Cc1cccc2c1CCN(C1CCN(c3ccc(I)cc3)CC1)C(=O)N2. The molecular formula is C21H21IN4O. The first kappa shape index (κ1) is 18.1. The van der Waals surface area contributed by atoms with E-state index in [2.05, 4.69) is 63.1 Å². The average molecular weight is 472 g/mol. The maximum Gasteiger partial charge on any atom is 0.322 e. The number of amides is 2. The molecule has 0 aliphatic carbocycles. The number of hydrogen-bond donors (Lipinski definition) is 1. The van der Waals surface area contributed by atoms with E-state index < -0.39 is 0 Å². The van der Waals surface area contributed by atoms with Crippen LogP contribution in [0.4, 0.5) is 16.2 Å². The van der Waals surface area contributed by atoms with Gasteiger partial charge >= 0.3 is 6.03 Å². The van der Waals surface area contributed by atoms with E-state index in [0.29, 0.717) is 12.1 Å². The molecule has 2 aliphatic heterocycles. The Kier molecular flexibility index (Phi) is 5.21. The lowest BCUT2D eigenvalue weighted by Crippen LogP contribution is -2.48. The molecule has 2 aromatic carbocycles. The highest BCUT2D eigenvalue weighted by molar-refractivity contribution is 14.1. The molecule has 27 heavy (non-hydrogen) atoms. The van der Waals surface area contributed by atoms with Gasteiger partial charge < -0.3 is 15.1 Å². The van der Waals surface area contributed by atoms with Crippen molar-refractivity contribution in [1.82, 2.24) is 4.90 Å². The summed E-state index contributed by atoms with van der Waals surface area (Å²) in [5.74, 6) is 0. The molecule has 138 valence electrons. The molecule has 0 radical (unpaired) electrons. The summed E-state index contributed by atoms with van der Waals surface area (Å²) >= 11 is 2.32. The summed E-state index contributed by atoms with van der Waals surface area (Å²) in [6, 6.07) is 16.6. The molecule has 2 amide bonds. The van der Waals surface area contributed by atoms with Crippen LogP contribution in [-0.4, -0.2) is 36.6 Å². The van der Waals surface area contributed by atoms with E-state index in [4.69, 9.17) is 0 Å². The van der Waals surface area contributed by atoms with Gasteiger partial charge in [0.1, 0.15) is 0 Å². The molecule has 0 unspecified atom stereocenters. The number of rotatable bonds is 2. The molecule has 4 rings (SSSR count). The van der Waals surface area contributed by atoms with Crippen LogP contribution in [0, 0.1) is 14.9 Å². The molecule has 0 aromatic heterocycles. The van der Waals surface area contributed by atoms with Crippen LogP contribution >= 0.6 is 22.6 Å². The first-order chi connectivity index (χ1) is 13.2. The zero-order chi connectivity index (χ0) is 18.8. The number of urea groups is 1. The van der Waals surface area contributed by atoms with E-state index in [0.717, 1.165) is 43.6 Å². The average Bonchev–Trinajstić information content (AvgIpc) is 2.87. The van der Waals surface area contributed by atoms with E-state index in [1.807, 2.05) is 23.1 Å². The Labute approximate surface area is 173 Å². The maximum absolute atomic E-state index is 12.8. The van der Waals surface area contributed by atoms with Crippen LogP contribution < -0.4 is 10.2 Å². The van der Waals surface area contributed by atoms with Gasteiger partial charge in [0.25, 0.3) is 0 Å². The Bertz CT molecular complexity index is 882. The fraction of sp³-hybridized carbons (Fsp3) is 0.333. The van der Waals surface area contributed by atoms with Crippen LogP contribution in [0.15, 0.2) is 42.5 Å². The molecule has 2 aromatic rings. The smallest absolute Gasteiger partial charge is 0.322 e. The molecule has 2 heterocycles. The number of nitriles is 1. The van der Waals surface area contributed by atoms with Crippen molar-refractivity contribution >= 4 is 40.0 Å². The Morgan fingerprint density at radius 3 is 2.52 bits per heavy atom. The van der Waals surface area contributed by atoms with Gasteiger partial charge in [0.2, 0.25) is 0 Å². The molecule has 2 aliphatic rings. The minimum absolute atomic E-state index is 0.0449. The lowest BCUT2D eigenvalue weighted by Gasteiger charge is -2.39. The van der Waals surface area contributed by atoms with Crippen molar-refractivity contribution in [1.29, 1.82) is 5.26 Å². The molecule has 1 saturated heterocycles. The third kappa shape index (κ3) is 3.74. The molecule has 5 nitrogen and oxygen atoms in total. The zero-order valence-corrected chi connectivity index (χ0v) is 17.1. The highest BCUT2D eigenvalue weighted by atomic mass is 127. The van der Waals surface area contributed by atoms with Gasteiger partial charge in [0, 0.05) is 40.6 Å². The van der Waals surface area contributed by atoms with E-state index in [9.17, 15) is 10.1 Å². The molecule has 6 heteroatoms. The predicted octanol–water partition coefficient (Wildman–Crippen LogP) is 4.22. The maximum atomic E-state index is 12.8. The van der Waals surface area contributed by atoms with Crippen molar-refractivity contribution in [2.75, 3.05) is 29.9 Å². The lowest BCUT2D eigenvalue weighted by molar-refractivity contribution is 0.177. The molecule has 0 saturated carbocycles. The fourth-order valence-electron chi connectivity index (χ4n) is 4.03. The fourth-order valence-corrected chi connectivity index (χ4v) is 4.39. The van der Waals surface area contributed by atoms with Crippen molar-refractivity contribution in [3.05, 3.63) is 57.2 Å². The van der Waals surface area contributed by atoms with Gasteiger partial charge in [-0.25, -0.2) is 4.79 Å². The van der Waals surface area contributed by atoms with Crippen molar-refractivity contribution in [3.63, 3.8) is 0 Å². The van der Waals surface area contributed by atoms with Crippen LogP contribution in [0.5, 0.6) is 0 Å². The molecule has 0 atom stereocenters. The van der Waals surface area contributed by atoms with Crippen molar-refractivity contribution in [3.8, 4) is 6.07 Å². The summed E-state index contributed by atoms with van der Waals surface area (Å²) < 4.78 is 1.24. The van der Waals surface area contributed by atoms with E-state index in [1.54, 1.807) is 0 Å². The van der Waals surface area contributed by atoms with Crippen molar-refractivity contribution < 1.29 is 4.79 Å². The van der Waals surface area contributed by atoms with Crippen molar-refractivity contribution in [2.24, 2.45) is 0 Å². The number of benzene rings is 2. The zero-order valence-electron chi connectivity index (χ0n) is 15.0. The first-order valence-electron chi connectivity index (χ1n) is 9.26. The van der Waals surface area contributed by atoms with E-state index in [-0.39, 0.29) is 12.1 Å². The van der Waals surface area contributed by atoms with Crippen LogP contribution in [0.1, 0.15) is 24.0 Å². The highest BCUT2D eigenvalue weighted by Gasteiger charge is 2.30. The lowest BCUT2D eigenvalue weighted by atomic mass is 10.0. The molecule has 0 spiro atoms. The van der Waals surface area contributed by atoms with Gasteiger partial charge in [-0.2, -0.15) is 5.26 Å². The second-order valence-electron chi connectivity index (χ2n) is 7.01. The van der Waals surface area contributed by atoms with Crippen LogP contribution in [0.25, 0.3) is 0 Å². The largest absolute Gasteiger partial charge is 0.371 e. The number of piperidine rings is 1. The third-order valence-electron chi connectivity index (χ3n) is 5.50. The normalized spacial score (nSPS) is 17.7. The minimum atomic E-state index is -0.0449. The Morgan fingerprint density at radius 2 is 1.81 bits per heavy atom. The first-order valence-corrected chi connectivity index (χ1v) is 10.3. The Balaban J connectivity index is 1.44. The van der Waals surface area contributed by atoms with Crippen LogP contribution in [0.2, 0.25) is 0 Å². The number of halogens is 1. The molecular weight excluding hydrogens is 451 g/mol. The summed E-state index contributed by atoms with van der Waals surface area (Å²) in [5.41, 5.74) is 3.63. The van der Waals surface area contributed by atoms with Gasteiger partial charge in [-0.1, -0.05) is 6.07 Å². The van der Waals surface area contributed by atoms with E-state index in [1.165, 1.54) is 9.26 Å². The number of hydrogen-bond acceptors (Lipinski definition) is 3. The van der Waals surface area contributed by atoms with Gasteiger partial charge in [-0.15, -0.1) is 0 Å². The van der Waals surface area contributed by atoms with Crippen LogP contribution in [-0.2, 0) is 6.42 Å². The van der Waals surface area contributed by atoms with Gasteiger partial charge in [0.05, 0.1) is 11.6 Å². The highest BCUT2D eigenvalue weighted by Crippen LogP contribution is 2.28. The number of fused-ring (bicyclic) bond motifs is 1. The summed E-state index contributed by atoms with van der Waals surface area (Å²) in [6.07, 6.45) is 2.64. The number of carbonyl (C=O) groups is 1.